The van der Waals surface area contributed by atoms with E-state index in [0.717, 1.165) is 11.3 Å². The molecule has 0 aliphatic rings. The Morgan fingerprint density at radius 3 is 2.87 bits per heavy atom. The van der Waals surface area contributed by atoms with Gasteiger partial charge < -0.3 is 10.5 Å². The van der Waals surface area contributed by atoms with E-state index < -0.39 is 16.0 Å². The highest BCUT2D eigenvalue weighted by molar-refractivity contribution is 7.93. The number of benzene rings is 1. The van der Waals surface area contributed by atoms with Gasteiger partial charge in [0.25, 0.3) is 10.0 Å². The van der Waals surface area contributed by atoms with E-state index in [-0.39, 0.29) is 28.0 Å². The molecular formula is C13H14ClN3O4S2. The number of halogens is 1. The van der Waals surface area contributed by atoms with Gasteiger partial charge in [0, 0.05) is 22.5 Å². The van der Waals surface area contributed by atoms with Gasteiger partial charge in [0.05, 0.1) is 24.1 Å². The Kier molecular flexibility index (Phi) is 5.58. The van der Waals surface area contributed by atoms with E-state index in [2.05, 4.69) is 14.4 Å². The summed E-state index contributed by atoms with van der Waals surface area (Å²) < 4.78 is 31.8. The molecule has 124 valence electrons. The lowest BCUT2D eigenvalue weighted by molar-refractivity contribution is -0.139. The van der Waals surface area contributed by atoms with Crippen LogP contribution < -0.4 is 10.5 Å². The predicted molar refractivity (Wildman–Crippen MR) is 88.0 cm³/mol. The van der Waals surface area contributed by atoms with E-state index in [9.17, 15) is 13.2 Å². The van der Waals surface area contributed by atoms with Crippen molar-refractivity contribution in [3.63, 3.8) is 0 Å². The van der Waals surface area contributed by atoms with E-state index >= 15 is 0 Å². The molecule has 0 unspecified atom stereocenters. The van der Waals surface area contributed by atoms with E-state index in [1.807, 2.05) is 0 Å². The number of carbonyl (C=O) groups excluding carboxylic acids is 1. The van der Waals surface area contributed by atoms with Crippen molar-refractivity contribution in [1.29, 1.82) is 0 Å². The summed E-state index contributed by atoms with van der Waals surface area (Å²) in [6.07, 6.45) is -0.0278. The number of hydrogen-bond acceptors (Lipinski definition) is 7. The average molecular weight is 376 g/mol. The third-order valence-corrected chi connectivity index (χ3v) is 5.61. The molecule has 0 fully saturated rings. The van der Waals surface area contributed by atoms with Crippen LogP contribution in [0.2, 0.25) is 5.02 Å². The molecule has 10 heteroatoms. The number of ether oxygens (including phenoxy) is 1. The van der Waals surface area contributed by atoms with Crippen LogP contribution in [0.3, 0.4) is 0 Å². The number of rotatable bonds is 6. The Balaban J connectivity index is 2.26. The minimum Gasteiger partial charge on any atom is -0.469 e. The van der Waals surface area contributed by atoms with Gasteiger partial charge in [-0.25, -0.2) is 13.4 Å². The molecule has 0 spiro atoms. The average Bonchev–Trinajstić information content (AvgIpc) is 2.93. The Labute approximate surface area is 142 Å². The molecule has 1 heterocycles. The van der Waals surface area contributed by atoms with Gasteiger partial charge in [0.1, 0.15) is 0 Å². The summed E-state index contributed by atoms with van der Waals surface area (Å²) in [5, 5.41) is 2.00. The van der Waals surface area contributed by atoms with E-state index in [1.54, 1.807) is 11.4 Å². The number of hydrogen-bond donors (Lipinski definition) is 2. The number of nitrogens with two attached hydrogens (primary N) is 1. The molecule has 2 rings (SSSR count). The predicted octanol–water partition coefficient (Wildman–Crippen LogP) is 1.77. The molecular weight excluding hydrogens is 362 g/mol. The van der Waals surface area contributed by atoms with Gasteiger partial charge in [0.2, 0.25) is 0 Å². The fraction of sp³-hybridized carbons (Fsp3) is 0.231. The third kappa shape index (κ3) is 4.20. The normalized spacial score (nSPS) is 11.3. The van der Waals surface area contributed by atoms with Crippen molar-refractivity contribution in [2.45, 2.75) is 17.9 Å². The summed E-state index contributed by atoms with van der Waals surface area (Å²) in [5.41, 5.74) is 6.32. The van der Waals surface area contributed by atoms with Crippen LogP contribution in [0.25, 0.3) is 0 Å². The number of sulfonamides is 1. The highest BCUT2D eigenvalue weighted by atomic mass is 35.5. The van der Waals surface area contributed by atoms with E-state index in [4.69, 9.17) is 17.3 Å². The maximum atomic E-state index is 12.5. The highest BCUT2D eigenvalue weighted by Gasteiger charge is 2.21. The second-order valence-electron chi connectivity index (χ2n) is 4.42. The molecule has 23 heavy (non-hydrogen) atoms. The summed E-state index contributed by atoms with van der Waals surface area (Å²) >= 11 is 7.05. The van der Waals surface area contributed by atoms with Gasteiger partial charge in [-0.1, -0.05) is 17.7 Å². The molecule has 2 aromatic rings. The number of nitrogens with zero attached hydrogens (tertiary/aromatic N) is 1. The van der Waals surface area contributed by atoms with E-state index in [0.29, 0.717) is 11.3 Å². The molecule has 1 aromatic heterocycles. The SMILES string of the molecule is COC(=O)Cc1csc(NS(=O)(=O)c2cccc(Cl)c2CN)n1. The van der Waals surface area contributed by atoms with Crippen molar-refractivity contribution in [3.8, 4) is 0 Å². The minimum absolute atomic E-state index is 0.00258. The molecule has 0 aliphatic carbocycles. The quantitative estimate of drug-likeness (QED) is 0.744. The Hall–Kier alpha value is -1.68. The largest absolute Gasteiger partial charge is 0.469 e. The molecule has 7 nitrogen and oxygen atoms in total. The zero-order chi connectivity index (χ0) is 17.0. The summed E-state index contributed by atoms with van der Waals surface area (Å²) in [7, 11) is -2.61. The van der Waals surface area contributed by atoms with Gasteiger partial charge in [-0.05, 0) is 12.1 Å². The molecule has 0 amide bonds. The third-order valence-electron chi connectivity index (χ3n) is 2.90. The van der Waals surface area contributed by atoms with Crippen LogP contribution in [-0.2, 0) is 32.5 Å². The summed E-state index contributed by atoms with van der Waals surface area (Å²) in [6.45, 7) is -0.0125. The lowest BCUT2D eigenvalue weighted by atomic mass is 10.2. The van der Waals surface area contributed by atoms with Crippen LogP contribution >= 0.6 is 22.9 Å². The monoisotopic (exact) mass is 375 g/mol. The van der Waals surface area contributed by atoms with Crippen molar-refractivity contribution in [3.05, 3.63) is 39.9 Å². The lowest BCUT2D eigenvalue weighted by Crippen LogP contribution is -2.16. The second-order valence-corrected chi connectivity index (χ2v) is 7.34. The first-order valence-corrected chi connectivity index (χ1v) is 9.13. The Morgan fingerprint density at radius 1 is 1.48 bits per heavy atom. The van der Waals surface area contributed by atoms with Crippen LogP contribution in [0, 0.1) is 0 Å². The highest BCUT2D eigenvalue weighted by Crippen LogP contribution is 2.26. The molecule has 0 atom stereocenters. The number of aromatic nitrogens is 1. The molecule has 0 radical (unpaired) electrons. The van der Waals surface area contributed by atoms with Crippen molar-refractivity contribution in [2.24, 2.45) is 5.73 Å². The molecule has 0 saturated heterocycles. The van der Waals surface area contributed by atoms with Crippen LogP contribution in [0.5, 0.6) is 0 Å². The van der Waals surface area contributed by atoms with Crippen LogP contribution in [0.15, 0.2) is 28.5 Å². The maximum absolute atomic E-state index is 12.5. The zero-order valence-electron chi connectivity index (χ0n) is 12.1. The first-order valence-electron chi connectivity index (χ1n) is 6.39. The fourth-order valence-electron chi connectivity index (χ4n) is 1.81. The molecule has 0 aliphatic heterocycles. The van der Waals surface area contributed by atoms with Gasteiger partial charge in [-0.15, -0.1) is 11.3 Å². The van der Waals surface area contributed by atoms with Gasteiger partial charge >= 0.3 is 5.97 Å². The molecule has 3 N–H and O–H groups in total. The number of thiazole rings is 1. The fourth-order valence-corrected chi connectivity index (χ4v) is 4.36. The summed E-state index contributed by atoms with van der Waals surface area (Å²) in [6, 6.07) is 4.51. The number of esters is 1. The number of anilines is 1. The lowest BCUT2D eigenvalue weighted by Gasteiger charge is -2.10. The van der Waals surface area contributed by atoms with Gasteiger partial charge in [0.15, 0.2) is 5.13 Å². The number of methoxy groups -OCH3 is 1. The first kappa shape index (κ1) is 17.7. The van der Waals surface area contributed by atoms with E-state index in [1.165, 1.54) is 19.2 Å². The van der Waals surface area contributed by atoms with Gasteiger partial charge in [-0.3, -0.25) is 9.52 Å². The van der Waals surface area contributed by atoms with Gasteiger partial charge in [-0.2, -0.15) is 0 Å². The maximum Gasteiger partial charge on any atom is 0.311 e. The smallest absolute Gasteiger partial charge is 0.311 e. The van der Waals surface area contributed by atoms with Crippen LogP contribution in [-0.4, -0.2) is 26.5 Å². The zero-order valence-corrected chi connectivity index (χ0v) is 14.5. The van der Waals surface area contributed by atoms with Crippen LogP contribution in [0.4, 0.5) is 5.13 Å². The van der Waals surface area contributed by atoms with Crippen molar-refractivity contribution in [2.75, 3.05) is 11.8 Å². The Bertz CT molecular complexity index is 820. The van der Waals surface area contributed by atoms with Crippen molar-refractivity contribution >= 4 is 44.1 Å². The summed E-state index contributed by atoms with van der Waals surface area (Å²) in [5.74, 6) is -0.454. The standard InChI is InChI=1S/C13H14ClN3O4S2/c1-21-12(18)5-8-7-22-13(16-8)17-23(19,20)11-4-2-3-10(14)9(11)6-15/h2-4,7H,5-6,15H2,1H3,(H,16,17). The van der Waals surface area contributed by atoms with Crippen LogP contribution in [0.1, 0.15) is 11.3 Å². The van der Waals surface area contributed by atoms with Crippen molar-refractivity contribution in [1.82, 2.24) is 4.98 Å². The second kappa shape index (κ2) is 7.26. The summed E-state index contributed by atoms with van der Waals surface area (Å²) in [4.78, 5) is 15.2. The minimum atomic E-state index is -3.88. The topological polar surface area (TPSA) is 111 Å². The molecule has 1 aromatic carbocycles. The molecule has 0 bridgehead atoms. The Morgan fingerprint density at radius 2 is 2.22 bits per heavy atom. The number of carbonyl (C=O) groups is 1. The first-order chi connectivity index (χ1) is 10.9. The molecule has 0 saturated carbocycles. The number of nitrogens with one attached hydrogen (secondary N) is 1. The van der Waals surface area contributed by atoms with Crippen molar-refractivity contribution < 1.29 is 17.9 Å².